The third kappa shape index (κ3) is 17.6. The molecule has 20 heteroatoms. The predicted molar refractivity (Wildman–Crippen MR) is 136 cm³/mol. The third-order valence-corrected chi connectivity index (χ3v) is 5.80. The topological polar surface area (TPSA) is 140 Å². The molecule has 0 saturated carbocycles. The van der Waals surface area contributed by atoms with Crippen molar-refractivity contribution in [3.05, 3.63) is 51.5 Å². The first-order valence-corrected chi connectivity index (χ1v) is 12.8. The van der Waals surface area contributed by atoms with E-state index in [0.717, 1.165) is 39.2 Å². The first-order valence-electron chi connectivity index (χ1n) is 11.9. The van der Waals surface area contributed by atoms with Crippen LogP contribution in [-0.4, -0.2) is 100 Å². The van der Waals surface area contributed by atoms with Gasteiger partial charge in [-0.25, -0.2) is 14.4 Å². The minimum Gasteiger partial charge on any atom is -0.475 e. The molecule has 2 aromatic heterocycles. The van der Waals surface area contributed by atoms with Crippen molar-refractivity contribution in [3.8, 4) is 0 Å². The number of carboxylic acids is 3. The van der Waals surface area contributed by atoms with Gasteiger partial charge in [0.15, 0.2) is 0 Å². The number of ether oxygens (including phenoxy) is 1. The van der Waals surface area contributed by atoms with Gasteiger partial charge in [0.25, 0.3) is 0 Å². The van der Waals surface area contributed by atoms with Crippen LogP contribution in [0, 0.1) is 0 Å². The highest BCUT2D eigenvalue weighted by Crippen LogP contribution is 2.24. The van der Waals surface area contributed by atoms with Gasteiger partial charge in [-0.05, 0) is 48.7 Å². The third-order valence-electron chi connectivity index (χ3n) is 4.94. The van der Waals surface area contributed by atoms with Gasteiger partial charge in [-0.2, -0.15) is 39.5 Å². The summed E-state index contributed by atoms with van der Waals surface area (Å²) in [7, 11) is 4.13. The Morgan fingerprint density at radius 1 is 0.932 bits per heavy atom. The number of hydrogen-bond donors (Lipinski definition) is 3. The molecule has 0 aliphatic carbocycles. The highest BCUT2D eigenvalue weighted by molar-refractivity contribution is 7.09. The summed E-state index contributed by atoms with van der Waals surface area (Å²) in [6, 6.07) is 4.34. The minimum absolute atomic E-state index is 0.676. The van der Waals surface area contributed by atoms with E-state index >= 15 is 0 Å². The van der Waals surface area contributed by atoms with Crippen LogP contribution in [0.5, 0.6) is 0 Å². The molecule has 0 aromatic carbocycles. The molecule has 0 saturated heterocycles. The van der Waals surface area contributed by atoms with E-state index in [1.54, 1.807) is 0 Å². The van der Waals surface area contributed by atoms with Gasteiger partial charge < -0.3 is 25.0 Å². The van der Waals surface area contributed by atoms with Gasteiger partial charge in [0.05, 0.1) is 13.2 Å². The van der Waals surface area contributed by atoms with E-state index < -0.39 is 36.4 Å². The Morgan fingerprint density at radius 2 is 1.43 bits per heavy atom. The zero-order valence-electron chi connectivity index (χ0n) is 23.0. The Hall–Kier alpha value is -3.49. The number of rotatable bonds is 7. The van der Waals surface area contributed by atoms with Crippen molar-refractivity contribution in [2.45, 2.75) is 44.6 Å². The van der Waals surface area contributed by atoms with E-state index in [2.05, 4.69) is 46.4 Å². The maximum absolute atomic E-state index is 10.6. The quantitative estimate of drug-likeness (QED) is 0.281. The summed E-state index contributed by atoms with van der Waals surface area (Å²) in [5, 5.41) is 23.5. The molecule has 0 bridgehead atoms. The zero-order chi connectivity index (χ0) is 34.3. The number of carboxylic acid groups (broad SMARTS) is 3. The molecule has 0 atom stereocenters. The van der Waals surface area contributed by atoms with Crippen LogP contribution < -0.4 is 0 Å². The molecule has 250 valence electrons. The van der Waals surface area contributed by atoms with Gasteiger partial charge in [-0.3, -0.25) is 9.88 Å². The number of aromatic nitrogens is 1. The molecule has 10 nitrogen and oxygen atoms in total. The average molecular weight is 674 g/mol. The van der Waals surface area contributed by atoms with Crippen molar-refractivity contribution in [1.82, 2.24) is 14.8 Å². The number of nitrogens with zero attached hydrogens (tertiary/aromatic N) is 3. The SMILES string of the molecule is CN(C)CCOCc1cncc2c1CCN(Cc1cccs1)C2.O=C(O)C(F)(F)F.O=C(O)C(F)(F)F.O=C(O)C(F)(F)F. The van der Waals surface area contributed by atoms with Gasteiger partial charge >= 0.3 is 36.4 Å². The molecular weight excluding hydrogens is 645 g/mol. The largest absolute Gasteiger partial charge is 0.490 e. The fraction of sp³-hybridized carbons (Fsp3) is 0.500. The predicted octanol–water partition coefficient (Wildman–Crippen LogP) is 4.68. The molecule has 1 aliphatic rings. The second kappa shape index (κ2) is 18.3. The smallest absolute Gasteiger partial charge is 0.475 e. The van der Waals surface area contributed by atoms with Crippen LogP contribution in [0.1, 0.15) is 21.6 Å². The van der Waals surface area contributed by atoms with Crippen molar-refractivity contribution < 1.29 is 74.0 Å². The standard InChI is InChI=1S/C18H25N3OS.3C2HF3O2/c1-20(2)7-8-22-14-16-11-19-10-15-12-21(6-5-18(15)16)13-17-4-3-9-23-17;3*3-2(4,5)1(6)7/h3-4,9-11H,5-8,12-14H2,1-2H3;3*(H,6,7). The Kier molecular flexibility index (Phi) is 16.9. The lowest BCUT2D eigenvalue weighted by Crippen LogP contribution is -2.30. The normalized spacial score (nSPS) is 13.3. The van der Waals surface area contributed by atoms with Crippen molar-refractivity contribution in [2.24, 2.45) is 0 Å². The van der Waals surface area contributed by atoms with Gasteiger partial charge in [-0.15, -0.1) is 11.3 Å². The van der Waals surface area contributed by atoms with Gasteiger partial charge in [-0.1, -0.05) is 6.07 Å². The van der Waals surface area contributed by atoms with Crippen molar-refractivity contribution in [1.29, 1.82) is 0 Å². The number of halogens is 9. The van der Waals surface area contributed by atoms with E-state index in [0.29, 0.717) is 6.61 Å². The second-order valence-corrected chi connectivity index (χ2v) is 9.77. The molecule has 1 aliphatic heterocycles. The van der Waals surface area contributed by atoms with Crippen LogP contribution in [0.4, 0.5) is 39.5 Å². The summed E-state index contributed by atoms with van der Waals surface area (Å²) in [4.78, 5) is 37.2. The maximum atomic E-state index is 10.6. The molecule has 3 heterocycles. The molecule has 3 N–H and O–H groups in total. The number of carbonyl (C=O) groups is 3. The highest BCUT2D eigenvalue weighted by Gasteiger charge is 2.39. The number of alkyl halides is 9. The van der Waals surface area contributed by atoms with Crippen LogP contribution in [0.3, 0.4) is 0 Å². The van der Waals surface area contributed by atoms with Crippen molar-refractivity contribution in [3.63, 3.8) is 0 Å². The van der Waals surface area contributed by atoms with Crippen LogP contribution in [0.2, 0.25) is 0 Å². The molecule has 0 unspecified atom stereocenters. The van der Waals surface area contributed by atoms with E-state index in [1.165, 1.54) is 21.6 Å². The van der Waals surface area contributed by atoms with Crippen molar-refractivity contribution in [2.75, 3.05) is 33.8 Å². The number of likely N-dealkylation sites (N-methyl/N-ethyl adjacent to an activating group) is 1. The molecule has 0 fully saturated rings. The lowest BCUT2D eigenvalue weighted by molar-refractivity contribution is -0.193. The second-order valence-electron chi connectivity index (χ2n) is 8.74. The maximum Gasteiger partial charge on any atom is 0.490 e. The molecule has 2 aromatic rings. The summed E-state index contributed by atoms with van der Waals surface area (Å²) in [5.41, 5.74) is 4.07. The van der Waals surface area contributed by atoms with Crippen LogP contribution in [0.15, 0.2) is 29.9 Å². The molecular formula is C24H28F9N3O7S. The van der Waals surface area contributed by atoms with Gasteiger partial charge in [0.1, 0.15) is 0 Å². The van der Waals surface area contributed by atoms with E-state index in [9.17, 15) is 39.5 Å². The Balaban J connectivity index is 0.000000721. The number of pyridine rings is 1. The van der Waals surface area contributed by atoms with E-state index in [1.807, 2.05) is 23.7 Å². The highest BCUT2D eigenvalue weighted by atomic mass is 32.1. The van der Waals surface area contributed by atoms with Crippen LogP contribution >= 0.6 is 11.3 Å². The Morgan fingerprint density at radius 3 is 1.84 bits per heavy atom. The fourth-order valence-corrected chi connectivity index (χ4v) is 3.68. The molecule has 0 radical (unpaired) electrons. The minimum atomic E-state index is -5.08. The number of fused-ring (bicyclic) bond motifs is 1. The average Bonchev–Trinajstić information content (AvgIpc) is 3.39. The van der Waals surface area contributed by atoms with Crippen LogP contribution in [-0.2, 0) is 45.2 Å². The van der Waals surface area contributed by atoms with Gasteiger partial charge in [0.2, 0.25) is 0 Å². The molecule has 3 rings (SSSR count). The Labute approximate surface area is 248 Å². The molecule has 44 heavy (non-hydrogen) atoms. The van der Waals surface area contributed by atoms with E-state index in [-0.39, 0.29) is 0 Å². The lowest BCUT2D eigenvalue weighted by Gasteiger charge is -2.29. The summed E-state index contributed by atoms with van der Waals surface area (Å²) in [5.74, 6) is -8.27. The molecule has 0 spiro atoms. The Bertz CT molecular complexity index is 1120. The first-order chi connectivity index (χ1) is 20.1. The van der Waals surface area contributed by atoms with Crippen molar-refractivity contribution >= 4 is 29.2 Å². The number of hydrogen-bond acceptors (Lipinski definition) is 8. The monoisotopic (exact) mass is 673 g/mol. The number of thiophene rings is 1. The molecule has 0 amide bonds. The first kappa shape index (κ1) is 40.5. The fourth-order valence-electron chi connectivity index (χ4n) is 2.94. The van der Waals surface area contributed by atoms with E-state index in [4.69, 9.17) is 34.4 Å². The van der Waals surface area contributed by atoms with Crippen LogP contribution in [0.25, 0.3) is 0 Å². The summed E-state index contributed by atoms with van der Waals surface area (Å²) >= 11 is 1.84. The van der Waals surface area contributed by atoms with Gasteiger partial charge in [0, 0.05) is 43.4 Å². The summed E-state index contributed by atoms with van der Waals surface area (Å²) in [6.45, 7) is 5.54. The zero-order valence-corrected chi connectivity index (χ0v) is 23.8. The lowest BCUT2D eigenvalue weighted by atomic mass is 9.97. The summed E-state index contributed by atoms with van der Waals surface area (Å²) < 4.78 is 101. The summed E-state index contributed by atoms with van der Waals surface area (Å²) in [6.07, 6.45) is -10.2. The number of aliphatic carboxylic acids is 3.